The first-order valence-corrected chi connectivity index (χ1v) is 8.06. The van der Waals surface area contributed by atoms with E-state index in [0.29, 0.717) is 13.1 Å². The van der Waals surface area contributed by atoms with E-state index in [1.54, 1.807) is 4.90 Å². The summed E-state index contributed by atoms with van der Waals surface area (Å²) in [5, 5.41) is 3.30. The van der Waals surface area contributed by atoms with Crippen LogP contribution in [0, 0.1) is 0 Å². The monoisotopic (exact) mass is 296 g/mol. The van der Waals surface area contributed by atoms with Crippen LogP contribution in [-0.2, 0) is 14.6 Å². The molecule has 0 aliphatic carbocycles. The average molecular weight is 297 g/mol. The number of carbonyl (C=O) groups excluding carboxylic acids is 1. The van der Waals surface area contributed by atoms with Crippen molar-refractivity contribution in [3.05, 3.63) is 0 Å². The highest BCUT2D eigenvalue weighted by Crippen LogP contribution is 2.26. The molecule has 18 heavy (non-hydrogen) atoms. The number of nitrogens with zero attached hydrogens (tertiary/aromatic N) is 1. The summed E-state index contributed by atoms with van der Waals surface area (Å²) in [5.41, 5.74) is -0.429. The van der Waals surface area contributed by atoms with E-state index in [9.17, 15) is 13.2 Å². The number of carbonyl (C=O) groups is 1. The number of hydrogen-bond acceptors (Lipinski definition) is 4. The van der Waals surface area contributed by atoms with E-state index in [0.717, 1.165) is 25.8 Å². The van der Waals surface area contributed by atoms with E-state index >= 15 is 0 Å². The van der Waals surface area contributed by atoms with Gasteiger partial charge in [0, 0.05) is 13.1 Å². The van der Waals surface area contributed by atoms with Crippen molar-refractivity contribution in [2.45, 2.75) is 31.7 Å². The fourth-order valence-electron chi connectivity index (χ4n) is 2.66. The van der Waals surface area contributed by atoms with Gasteiger partial charge in [0.25, 0.3) is 0 Å². The molecule has 0 radical (unpaired) electrons. The number of hydrogen-bond donors (Lipinski definition) is 1. The minimum Gasteiger partial charge on any atom is -0.339 e. The van der Waals surface area contributed by atoms with Crippen LogP contribution in [0.5, 0.6) is 0 Å². The Morgan fingerprint density at radius 2 is 1.94 bits per heavy atom. The van der Waals surface area contributed by atoms with E-state index in [4.69, 9.17) is 0 Å². The van der Waals surface area contributed by atoms with Crippen LogP contribution in [0.15, 0.2) is 0 Å². The Morgan fingerprint density at radius 1 is 1.33 bits per heavy atom. The van der Waals surface area contributed by atoms with Gasteiger partial charge in [0.2, 0.25) is 5.91 Å². The SMILES string of the molecule is CCC1(C(=O)N2CCS(=O)(=O)CC2)CCCN1.Cl. The number of nitrogens with one attached hydrogen (secondary N) is 1. The van der Waals surface area contributed by atoms with E-state index in [1.165, 1.54) is 0 Å². The molecular weight excluding hydrogens is 276 g/mol. The van der Waals surface area contributed by atoms with Gasteiger partial charge in [-0.25, -0.2) is 8.42 Å². The highest BCUT2D eigenvalue weighted by atomic mass is 35.5. The summed E-state index contributed by atoms with van der Waals surface area (Å²) in [6.45, 7) is 3.60. The molecule has 1 atom stereocenters. The summed E-state index contributed by atoms with van der Waals surface area (Å²) in [5.74, 6) is 0.309. The summed E-state index contributed by atoms with van der Waals surface area (Å²) in [6, 6.07) is 0. The second-order valence-corrected chi connectivity index (χ2v) is 7.21. The molecular formula is C11H21ClN2O3S. The van der Waals surface area contributed by atoms with Crippen molar-refractivity contribution in [3.63, 3.8) is 0 Å². The molecule has 2 fully saturated rings. The molecule has 7 heteroatoms. The van der Waals surface area contributed by atoms with Gasteiger partial charge < -0.3 is 10.2 Å². The maximum Gasteiger partial charge on any atom is 0.242 e. The Hall–Kier alpha value is -0.330. The summed E-state index contributed by atoms with van der Waals surface area (Å²) in [7, 11) is -2.91. The van der Waals surface area contributed by atoms with Crippen LogP contribution in [-0.4, -0.2) is 55.9 Å². The fourth-order valence-corrected chi connectivity index (χ4v) is 3.86. The van der Waals surface area contributed by atoms with Gasteiger partial charge in [0.15, 0.2) is 9.84 Å². The number of sulfone groups is 1. The van der Waals surface area contributed by atoms with E-state index in [-0.39, 0.29) is 29.8 Å². The van der Waals surface area contributed by atoms with Crippen molar-refractivity contribution in [1.82, 2.24) is 10.2 Å². The van der Waals surface area contributed by atoms with Gasteiger partial charge in [-0.3, -0.25) is 4.79 Å². The van der Waals surface area contributed by atoms with Crippen LogP contribution in [0.4, 0.5) is 0 Å². The Morgan fingerprint density at radius 3 is 2.39 bits per heavy atom. The van der Waals surface area contributed by atoms with Gasteiger partial charge in [-0.2, -0.15) is 0 Å². The Kier molecular flexibility index (Phi) is 5.03. The van der Waals surface area contributed by atoms with Crippen LogP contribution in [0.1, 0.15) is 26.2 Å². The molecule has 5 nitrogen and oxygen atoms in total. The standard InChI is InChI=1S/C11H20N2O3S.ClH/c1-2-11(4-3-5-12-11)10(14)13-6-8-17(15,16)9-7-13;/h12H,2-9H2,1H3;1H. The average Bonchev–Trinajstić information content (AvgIpc) is 2.78. The van der Waals surface area contributed by atoms with Crippen LogP contribution in [0.25, 0.3) is 0 Å². The number of rotatable bonds is 2. The zero-order chi connectivity index (χ0) is 12.5. The molecule has 0 saturated carbocycles. The molecule has 0 bridgehead atoms. The number of amides is 1. The Bertz CT molecular complexity index is 391. The van der Waals surface area contributed by atoms with Crippen LogP contribution in [0.3, 0.4) is 0 Å². The minimum absolute atomic E-state index is 0. The molecule has 0 aromatic rings. The first-order valence-electron chi connectivity index (χ1n) is 6.24. The summed E-state index contributed by atoms with van der Waals surface area (Å²) < 4.78 is 22.7. The second kappa shape index (κ2) is 5.75. The molecule has 2 aliphatic heterocycles. The number of halogens is 1. The lowest BCUT2D eigenvalue weighted by Crippen LogP contribution is -2.57. The third kappa shape index (κ3) is 2.97. The van der Waals surface area contributed by atoms with Gasteiger partial charge in [0.05, 0.1) is 17.0 Å². The van der Waals surface area contributed by atoms with Crippen molar-refractivity contribution in [2.75, 3.05) is 31.1 Å². The normalized spacial score (nSPS) is 30.8. The smallest absolute Gasteiger partial charge is 0.242 e. The van der Waals surface area contributed by atoms with Crippen LogP contribution < -0.4 is 5.32 Å². The van der Waals surface area contributed by atoms with Crippen molar-refractivity contribution < 1.29 is 13.2 Å². The van der Waals surface area contributed by atoms with Gasteiger partial charge in [-0.05, 0) is 25.8 Å². The maximum atomic E-state index is 12.4. The van der Waals surface area contributed by atoms with E-state index < -0.39 is 15.4 Å². The highest BCUT2D eigenvalue weighted by Gasteiger charge is 2.42. The van der Waals surface area contributed by atoms with Gasteiger partial charge in [-0.1, -0.05) is 6.92 Å². The maximum absolute atomic E-state index is 12.4. The van der Waals surface area contributed by atoms with Gasteiger partial charge in [-0.15, -0.1) is 12.4 Å². The zero-order valence-corrected chi connectivity index (χ0v) is 12.3. The summed E-state index contributed by atoms with van der Waals surface area (Å²) in [6.07, 6.45) is 2.66. The third-order valence-electron chi connectivity index (χ3n) is 3.89. The summed E-state index contributed by atoms with van der Waals surface area (Å²) in [4.78, 5) is 14.1. The molecule has 0 spiro atoms. The minimum atomic E-state index is -2.91. The molecule has 0 aromatic carbocycles. The zero-order valence-electron chi connectivity index (χ0n) is 10.6. The first kappa shape index (κ1) is 15.7. The van der Waals surface area contributed by atoms with Crippen molar-refractivity contribution in [3.8, 4) is 0 Å². The lowest BCUT2D eigenvalue weighted by atomic mass is 9.92. The highest BCUT2D eigenvalue weighted by molar-refractivity contribution is 7.91. The molecule has 0 aromatic heterocycles. The quantitative estimate of drug-likeness (QED) is 0.790. The molecule has 1 amide bonds. The topological polar surface area (TPSA) is 66.5 Å². The molecule has 2 heterocycles. The molecule has 1 N–H and O–H groups in total. The third-order valence-corrected chi connectivity index (χ3v) is 5.50. The molecule has 106 valence electrons. The first-order chi connectivity index (χ1) is 7.99. The van der Waals surface area contributed by atoms with E-state index in [1.807, 2.05) is 6.92 Å². The second-order valence-electron chi connectivity index (χ2n) is 4.91. The van der Waals surface area contributed by atoms with Gasteiger partial charge in [0.1, 0.15) is 0 Å². The predicted octanol–water partition coefficient (Wildman–Crippen LogP) is 0.197. The van der Waals surface area contributed by atoms with Crippen molar-refractivity contribution >= 4 is 28.2 Å². The Balaban J connectivity index is 0.00000162. The molecule has 1 unspecified atom stereocenters. The Labute approximate surface area is 115 Å². The van der Waals surface area contributed by atoms with Gasteiger partial charge >= 0.3 is 0 Å². The van der Waals surface area contributed by atoms with Crippen LogP contribution >= 0.6 is 12.4 Å². The molecule has 2 aliphatic rings. The largest absolute Gasteiger partial charge is 0.339 e. The fraction of sp³-hybridized carbons (Fsp3) is 0.909. The molecule has 2 rings (SSSR count). The van der Waals surface area contributed by atoms with E-state index in [2.05, 4.69) is 5.32 Å². The van der Waals surface area contributed by atoms with Crippen LogP contribution in [0.2, 0.25) is 0 Å². The predicted molar refractivity (Wildman–Crippen MR) is 72.7 cm³/mol. The molecule has 2 saturated heterocycles. The summed E-state index contributed by atoms with van der Waals surface area (Å²) >= 11 is 0. The van der Waals surface area contributed by atoms with Crippen molar-refractivity contribution in [2.24, 2.45) is 0 Å². The van der Waals surface area contributed by atoms with Crippen molar-refractivity contribution in [1.29, 1.82) is 0 Å². The lowest BCUT2D eigenvalue weighted by Gasteiger charge is -2.35. The lowest BCUT2D eigenvalue weighted by molar-refractivity contribution is -0.137.